The first kappa shape index (κ1) is 14.5. The summed E-state index contributed by atoms with van der Waals surface area (Å²) in [6.07, 6.45) is 1.20. The van der Waals surface area contributed by atoms with Gasteiger partial charge in [-0.3, -0.25) is 9.78 Å². The van der Waals surface area contributed by atoms with Gasteiger partial charge in [-0.15, -0.1) is 0 Å². The van der Waals surface area contributed by atoms with Crippen LogP contribution in [-0.4, -0.2) is 29.0 Å². The summed E-state index contributed by atoms with van der Waals surface area (Å²) in [5.74, 6) is -0.744. The summed E-state index contributed by atoms with van der Waals surface area (Å²) in [6.45, 7) is 3.41. The maximum Gasteiger partial charge on any atom is 0.339 e. The van der Waals surface area contributed by atoms with E-state index in [0.29, 0.717) is 5.56 Å². The Bertz CT molecular complexity index is 738. The normalized spacial score (nSPS) is 15.4. The first-order valence-electron chi connectivity index (χ1n) is 7.42. The molecule has 1 saturated carbocycles. The van der Waals surface area contributed by atoms with Gasteiger partial charge in [0, 0.05) is 17.1 Å². The van der Waals surface area contributed by atoms with Gasteiger partial charge in [0.2, 0.25) is 0 Å². The van der Waals surface area contributed by atoms with Crippen molar-refractivity contribution < 1.29 is 14.3 Å². The minimum atomic E-state index is -0.805. The molecule has 0 unspecified atom stereocenters. The molecule has 0 radical (unpaired) electrons. The van der Waals surface area contributed by atoms with Gasteiger partial charge in [-0.25, -0.2) is 4.79 Å². The van der Waals surface area contributed by atoms with Gasteiger partial charge < -0.3 is 10.1 Å². The Labute approximate surface area is 128 Å². The standard InChI is InChI=1S/C17H18N2O3/c1-10-9-14(13-5-3-4-6-15(13)18-10)17(21)22-11(2)16(20)19-12-7-8-12/h3-6,9,11-12H,7-8H2,1-2H3,(H,19,20)/t11-/m0/s1. The molecule has 1 aromatic heterocycles. The maximum atomic E-state index is 12.4. The van der Waals surface area contributed by atoms with Gasteiger partial charge in [0.25, 0.3) is 5.91 Å². The second-order valence-corrected chi connectivity index (χ2v) is 5.66. The van der Waals surface area contributed by atoms with Gasteiger partial charge in [-0.2, -0.15) is 0 Å². The zero-order chi connectivity index (χ0) is 15.7. The highest BCUT2D eigenvalue weighted by Gasteiger charge is 2.27. The van der Waals surface area contributed by atoms with Crippen molar-refractivity contribution in [3.05, 3.63) is 41.6 Å². The molecule has 3 rings (SSSR count). The molecule has 1 heterocycles. The van der Waals surface area contributed by atoms with Crippen LogP contribution in [0.4, 0.5) is 0 Å². The van der Waals surface area contributed by atoms with Gasteiger partial charge in [-0.05, 0) is 38.8 Å². The first-order chi connectivity index (χ1) is 10.5. The molecule has 1 amide bonds. The number of aromatic nitrogens is 1. The summed E-state index contributed by atoms with van der Waals surface area (Å²) in [7, 11) is 0. The van der Waals surface area contributed by atoms with Gasteiger partial charge in [0.1, 0.15) is 0 Å². The van der Waals surface area contributed by atoms with Crippen molar-refractivity contribution in [2.24, 2.45) is 0 Å². The van der Waals surface area contributed by atoms with Crippen LogP contribution in [0.1, 0.15) is 35.8 Å². The Morgan fingerprint density at radius 3 is 2.77 bits per heavy atom. The number of hydrogen-bond acceptors (Lipinski definition) is 4. The predicted molar refractivity (Wildman–Crippen MR) is 82.5 cm³/mol. The van der Waals surface area contributed by atoms with Crippen LogP contribution in [0.3, 0.4) is 0 Å². The minimum absolute atomic E-state index is 0.245. The fourth-order valence-corrected chi connectivity index (χ4v) is 2.30. The molecule has 1 aliphatic rings. The number of fused-ring (bicyclic) bond motifs is 1. The lowest BCUT2D eigenvalue weighted by Gasteiger charge is -2.14. The Morgan fingerprint density at radius 2 is 2.05 bits per heavy atom. The SMILES string of the molecule is Cc1cc(C(=O)O[C@@H](C)C(=O)NC2CC2)c2ccccc2n1. The fraction of sp³-hybridized carbons (Fsp3) is 0.353. The second-order valence-electron chi connectivity index (χ2n) is 5.66. The second kappa shape index (κ2) is 5.75. The van der Waals surface area contributed by atoms with Gasteiger partial charge >= 0.3 is 5.97 Å². The summed E-state index contributed by atoms with van der Waals surface area (Å²) < 4.78 is 5.31. The number of pyridine rings is 1. The van der Waals surface area contributed by atoms with Crippen molar-refractivity contribution in [3.63, 3.8) is 0 Å². The number of aryl methyl sites for hydroxylation is 1. The van der Waals surface area contributed by atoms with E-state index >= 15 is 0 Å². The number of nitrogens with zero attached hydrogens (tertiary/aromatic N) is 1. The topological polar surface area (TPSA) is 68.3 Å². The summed E-state index contributed by atoms with van der Waals surface area (Å²) in [5, 5.41) is 3.56. The summed E-state index contributed by atoms with van der Waals surface area (Å²) in [5.41, 5.74) is 1.92. The number of carbonyl (C=O) groups excluding carboxylic acids is 2. The fourth-order valence-electron chi connectivity index (χ4n) is 2.30. The number of para-hydroxylation sites is 1. The van der Waals surface area contributed by atoms with Crippen LogP contribution in [0.15, 0.2) is 30.3 Å². The number of rotatable bonds is 4. The number of benzene rings is 1. The van der Waals surface area contributed by atoms with E-state index < -0.39 is 12.1 Å². The van der Waals surface area contributed by atoms with Crippen LogP contribution in [0, 0.1) is 6.92 Å². The molecule has 1 N–H and O–H groups in total. The summed E-state index contributed by atoms with van der Waals surface area (Å²) in [6, 6.07) is 9.33. The zero-order valence-corrected chi connectivity index (χ0v) is 12.6. The third-order valence-electron chi connectivity index (χ3n) is 3.64. The highest BCUT2D eigenvalue weighted by molar-refractivity contribution is 6.04. The third kappa shape index (κ3) is 3.08. The van der Waals surface area contributed by atoms with Crippen LogP contribution in [0.25, 0.3) is 10.9 Å². The van der Waals surface area contributed by atoms with E-state index in [9.17, 15) is 9.59 Å². The molecule has 1 atom stereocenters. The average Bonchev–Trinajstić information content (AvgIpc) is 3.30. The smallest absolute Gasteiger partial charge is 0.339 e. The maximum absolute atomic E-state index is 12.4. The number of nitrogens with one attached hydrogen (secondary N) is 1. The molecule has 5 nitrogen and oxygen atoms in total. The molecule has 0 spiro atoms. The van der Waals surface area contributed by atoms with Crippen molar-refractivity contribution in [3.8, 4) is 0 Å². The van der Waals surface area contributed by atoms with E-state index in [0.717, 1.165) is 29.4 Å². The molecule has 0 saturated heterocycles. The lowest BCUT2D eigenvalue weighted by Crippen LogP contribution is -2.37. The van der Waals surface area contributed by atoms with Crippen LogP contribution in [0.5, 0.6) is 0 Å². The first-order valence-corrected chi connectivity index (χ1v) is 7.42. The number of amides is 1. The molecule has 0 bridgehead atoms. The highest BCUT2D eigenvalue weighted by atomic mass is 16.5. The molecular formula is C17H18N2O3. The Morgan fingerprint density at radius 1 is 1.32 bits per heavy atom. The van der Waals surface area contributed by atoms with Crippen LogP contribution in [-0.2, 0) is 9.53 Å². The number of carbonyl (C=O) groups is 2. The van der Waals surface area contributed by atoms with Gasteiger partial charge in [-0.1, -0.05) is 18.2 Å². The van der Waals surface area contributed by atoms with Crippen LogP contribution < -0.4 is 5.32 Å². The van der Waals surface area contributed by atoms with Gasteiger partial charge in [0.15, 0.2) is 6.10 Å². The summed E-state index contributed by atoms with van der Waals surface area (Å²) >= 11 is 0. The molecule has 5 heteroatoms. The zero-order valence-electron chi connectivity index (χ0n) is 12.6. The van der Waals surface area contributed by atoms with Crippen LogP contribution >= 0.6 is 0 Å². The molecule has 0 aliphatic heterocycles. The molecule has 2 aromatic rings. The van der Waals surface area contributed by atoms with Crippen molar-refractivity contribution in [1.82, 2.24) is 10.3 Å². The Kier molecular flexibility index (Phi) is 3.79. The molecule has 1 aliphatic carbocycles. The van der Waals surface area contributed by atoms with Crippen molar-refractivity contribution in [2.45, 2.75) is 38.8 Å². The number of hydrogen-bond donors (Lipinski definition) is 1. The van der Waals surface area contributed by atoms with Crippen molar-refractivity contribution in [1.29, 1.82) is 0 Å². The molecule has 1 fully saturated rings. The lowest BCUT2D eigenvalue weighted by molar-refractivity contribution is -0.129. The molecule has 1 aromatic carbocycles. The van der Waals surface area contributed by atoms with Crippen molar-refractivity contribution in [2.75, 3.05) is 0 Å². The molecule has 22 heavy (non-hydrogen) atoms. The largest absolute Gasteiger partial charge is 0.449 e. The number of ether oxygens (including phenoxy) is 1. The van der Waals surface area contributed by atoms with Crippen molar-refractivity contribution >= 4 is 22.8 Å². The molecule has 114 valence electrons. The summed E-state index contributed by atoms with van der Waals surface area (Å²) in [4.78, 5) is 28.7. The van der Waals surface area contributed by atoms with E-state index in [1.165, 1.54) is 0 Å². The average molecular weight is 298 g/mol. The van der Waals surface area contributed by atoms with Crippen LogP contribution in [0.2, 0.25) is 0 Å². The quantitative estimate of drug-likeness (QED) is 0.880. The Hall–Kier alpha value is -2.43. The van der Waals surface area contributed by atoms with Gasteiger partial charge in [0.05, 0.1) is 11.1 Å². The van der Waals surface area contributed by atoms with E-state index in [2.05, 4.69) is 10.3 Å². The minimum Gasteiger partial charge on any atom is -0.449 e. The Balaban J connectivity index is 1.80. The molecular weight excluding hydrogens is 280 g/mol. The van der Waals surface area contributed by atoms with E-state index in [4.69, 9.17) is 4.74 Å². The number of esters is 1. The highest BCUT2D eigenvalue weighted by Crippen LogP contribution is 2.21. The lowest BCUT2D eigenvalue weighted by atomic mass is 10.1. The van der Waals surface area contributed by atoms with E-state index in [1.54, 1.807) is 13.0 Å². The third-order valence-corrected chi connectivity index (χ3v) is 3.64. The van der Waals surface area contributed by atoms with E-state index in [1.807, 2.05) is 31.2 Å². The predicted octanol–water partition coefficient (Wildman–Crippen LogP) is 2.37. The van der Waals surface area contributed by atoms with E-state index in [-0.39, 0.29) is 11.9 Å². The monoisotopic (exact) mass is 298 g/mol.